The van der Waals surface area contributed by atoms with Gasteiger partial charge < -0.3 is 5.73 Å². The molecule has 0 saturated heterocycles. The Bertz CT molecular complexity index is 1150. The summed E-state index contributed by atoms with van der Waals surface area (Å²) in [6, 6.07) is 11.0. The van der Waals surface area contributed by atoms with E-state index in [-0.39, 0.29) is 32.2 Å². The standard InChI is InChI=1S/C16H10Cl2N6O3S/c17-10-6-9(24(26)27)7-11(18)13(10)20-21-14-12(8-4-2-1-3-5-8)22-23(15(14)25)16(19)28/h1-7,22H,(H2,19,28). The quantitative estimate of drug-likeness (QED) is 0.267. The van der Waals surface area contributed by atoms with E-state index in [1.807, 2.05) is 6.07 Å². The van der Waals surface area contributed by atoms with Gasteiger partial charge in [-0.3, -0.25) is 20.0 Å². The first-order valence-corrected chi connectivity index (χ1v) is 8.71. The molecule has 0 aliphatic carbocycles. The average molecular weight is 437 g/mol. The third-order valence-corrected chi connectivity index (χ3v) is 4.37. The van der Waals surface area contributed by atoms with Gasteiger partial charge in [0.05, 0.1) is 20.7 Å². The lowest BCUT2D eigenvalue weighted by Crippen LogP contribution is -2.29. The molecule has 0 spiro atoms. The highest BCUT2D eigenvalue weighted by atomic mass is 35.5. The van der Waals surface area contributed by atoms with Crippen molar-refractivity contribution in [3.8, 4) is 11.3 Å². The summed E-state index contributed by atoms with van der Waals surface area (Å²) in [7, 11) is 0. The monoisotopic (exact) mass is 436 g/mol. The molecule has 0 saturated carbocycles. The summed E-state index contributed by atoms with van der Waals surface area (Å²) >= 11 is 16.9. The molecule has 2 aromatic carbocycles. The number of nitrogens with two attached hydrogens (primary N) is 1. The fourth-order valence-electron chi connectivity index (χ4n) is 2.34. The SMILES string of the molecule is NC(=S)n1[nH]c(-c2ccccc2)c(N=Nc2c(Cl)cc([N+](=O)[O-])cc2Cl)c1=O. The number of non-ortho nitro benzene ring substituents is 1. The number of hydrogen-bond donors (Lipinski definition) is 2. The van der Waals surface area contributed by atoms with Gasteiger partial charge >= 0.3 is 5.56 Å². The largest absolute Gasteiger partial charge is 0.374 e. The Morgan fingerprint density at radius 3 is 2.25 bits per heavy atom. The number of nitro benzene ring substituents is 1. The predicted octanol–water partition coefficient (Wildman–Crippen LogP) is 4.57. The number of nitro groups is 1. The number of nitrogens with zero attached hydrogens (tertiary/aromatic N) is 4. The summed E-state index contributed by atoms with van der Waals surface area (Å²) in [6.45, 7) is 0. The van der Waals surface area contributed by atoms with Crippen molar-refractivity contribution in [2.45, 2.75) is 0 Å². The molecule has 3 rings (SSSR count). The van der Waals surface area contributed by atoms with Crippen LogP contribution in [0.1, 0.15) is 0 Å². The lowest BCUT2D eigenvalue weighted by atomic mass is 10.1. The zero-order chi connectivity index (χ0) is 20.4. The van der Waals surface area contributed by atoms with Crippen LogP contribution in [0.2, 0.25) is 10.0 Å². The number of H-pyrrole nitrogens is 1. The summed E-state index contributed by atoms with van der Waals surface area (Å²) in [5.74, 6) is 0. The van der Waals surface area contributed by atoms with E-state index >= 15 is 0 Å². The summed E-state index contributed by atoms with van der Waals surface area (Å²) in [5.41, 5.74) is 5.52. The minimum Gasteiger partial charge on any atom is -0.374 e. The number of aromatic nitrogens is 2. The third kappa shape index (κ3) is 3.79. The Morgan fingerprint density at radius 2 is 1.71 bits per heavy atom. The van der Waals surface area contributed by atoms with Crippen LogP contribution in [0.25, 0.3) is 11.3 Å². The molecule has 3 aromatic rings. The molecule has 0 radical (unpaired) electrons. The average Bonchev–Trinajstić information content (AvgIpc) is 2.98. The molecule has 1 aromatic heterocycles. The van der Waals surface area contributed by atoms with E-state index in [2.05, 4.69) is 15.3 Å². The van der Waals surface area contributed by atoms with E-state index in [1.165, 1.54) is 0 Å². The van der Waals surface area contributed by atoms with Crippen LogP contribution < -0.4 is 11.3 Å². The van der Waals surface area contributed by atoms with Crippen LogP contribution in [0.3, 0.4) is 0 Å². The van der Waals surface area contributed by atoms with E-state index in [0.29, 0.717) is 11.3 Å². The minimum absolute atomic E-state index is 0.0181. The Morgan fingerprint density at radius 1 is 1.14 bits per heavy atom. The van der Waals surface area contributed by atoms with Crippen molar-refractivity contribution in [2.75, 3.05) is 0 Å². The number of azo groups is 1. The molecule has 9 nitrogen and oxygen atoms in total. The van der Waals surface area contributed by atoms with E-state index in [0.717, 1.165) is 16.8 Å². The van der Waals surface area contributed by atoms with Crippen LogP contribution in [-0.4, -0.2) is 19.8 Å². The fourth-order valence-corrected chi connectivity index (χ4v) is 3.02. The molecule has 0 atom stereocenters. The molecule has 0 aliphatic heterocycles. The maximum absolute atomic E-state index is 12.6. The zero-order valence-corrected chi connectivity index (χ0v) is 16.1. The van der Waals surface area contributed by atoms with Gasteiger partial charge in [-0.1, -0.05) is 53.5 Å². The molecule has 0 bridgehead atoms. The highest BCUT2D eigenvalue weighted by Gasteiger charge is 2.18. The van der Waals surface area contributed by atoms with Gasteiger partial charge in [-0.2, -0.15) is 4.68 Å². The van der Waals surface area contributed by atoms with Gasteiger partial charge in [-0.25, -0.2) is 0 Å². The summed E-state index contributed by atoms with van der Waals surface area (Å²) in [6.07, 6.45) is 0. The molecule has 3 N–H and O–H groups in total. The van der Waals surface area contributed by atoms with Crippen molar-refractivity contribution >= 4 is 57.6 Å². The van der Waals surface area contributed by atoms with Crippen LogP contribution in [0.15, 0.2) is 57.5 Å². The van der Waals surface area contributed by atoms with Crippen LogP contribution >= 0.6 is 35.4 Å². The molecule has 0 fully saturated rings. The van der Waals surface area contributed by atoms with E-state index in [1.54, 1.807) is 24.3 Å². The van der Waals surface area contributed by atoms with Gasteiger partial charge in [0.15, 0.2) is 10.8 Å². The minimum atomic E-state index is -0.640. The highest BCUT2D eigenvalue weighted by Crippen LogP contribution is 2.38. The molecule has 28 heavy (non-hydrogen) atoms. The molecule has 142 valence electrons. The van der Waals surface area contributed by atoms with Crippen LogP contribution in [0, 0.1) is 10.1 Å². The van der Waals surface area contributed by atoms with E-state index in [9.17, 15) is 14.9 Å². The van der Waals surface area contributed by atoms with Crippen LogP contribution in [0.4, 0.5) is 17.1 Å². The van der Waals surface area contributed by atoms with Gasteiger partial charge in [-0.15, -0.1) is 10.2 Å². The lowest BCUT2D eigenvalue weighted by Gasteiger charge is -2.01. The number of hydrogen-bond acceptors (Lipinski definition) is 6. The van der Waals surface area contributed by atoms with Gasteiger partial charge in [-0.05, 0) is 12.2 Å². The summed E-state index contributed by atoms with van der Waals surface area (Å²) in [4.78, 5) is 22.8. The Labute approximate surface area is 172 Å². The number of benzene rings is 2. The smallest absolute Gasteiger partial charge is 0.301 e. The lowest BCUT2D eigenvalue weighted by molar-refractivity contribution is -0.384. The number of halogens is 2. The van der Waals surface area contributed by atoms with Crippen LogP contribution in [0.5, 0.6) is 0 Å². The van der Waals surface area contributed by atoms with Crippen molar-refractivity contribution in [3.05, 3.63) is 73.0 Å². The Balaban J connectivity index is 2.14. The Hall–Kier alpha value is -3.08. The summed E-state index contributed by atoms with van der Waals surface area (Å²) in [5, 5.41) is 21.2. The van der Waals surface area contributed by atoms with Gasteiger partial charge in [0, 0.05) is 17.7 Å². The van der Waals surface area contributed by atoms with Crippen molar-refractivity contribution in [1.29, 1.82) is 0 Å². The molecule has 1 heterocycles. The molecule has 12 heteroatoms. The molecule has 0 unspecified atom stereocenters. The fraction of sp³-hybridized carbons (Fsp3) is 0. The molecule has 0 aliphatic rings. The molecule has 0 amide bonds. The molecular formula is C16H10Cl2N6O3S. The Kier molecular flexibility index (Phi) is 5.54. The second kappa shape index (κ2) is 7.89. The van der Waals surface area contributed by atoms with Crippen molar-refractivity contribution in [2.24, 2.45) is 16.0 Å². The first-order chi connectivity index (χ1) is 13.3. The highest BCUT2D eigenvalue weighted by molar-refractivity contribution is 7.80. The summed E-state index contributed by atoms with van der Waals surface area (Å²) < 4.78 is 0.949. The second-order valence-electron chi connectivity index (χ2n) is 5.40. The van der Waals surface area contributed by atoms with Gasteiger partial charge in [0.2, 0.25) is 0 Å². The molecular weight excluding hydrogens is 427 g/mol. The van der Waals surface area contributed by atoms with Gasteiger partial charge in [0.1, 0.15) is 5.69 Å². The third-order valence-electron chi connectivity index (χ3n) is 3.61. The van der Waals surface area contributed by atoms with Gasteiger partial charge in [0.25, 0.3) is 5.69 Å². The first-order valence-electron chi connectivity index (χ1n) is 7.55. The maximum atomic E-state index is 12.6. The van der Waals surface area contributed by atoms with Crippen molar-refractivity contribution < 1.29 is 4.92 Å². The number of aromatic amines is 1. The van der Waals surface area contributed by atoms with Crippen LogP contribution in [-0.2, 0) is 0 Å². The number of nitrogens with one attached hydrogen (secondary N) is 1. The number of rotatable bonds is 4. The second-order valence-corrected chi connectivity index (χ2v) is 6.63. The van der Waals surface area contributed by atoms with Crippen molar-refractivity contribution in [3.63, 3.8) is 0 Å². The predicted molar refractivity (Wildman–Crippen MR) is 110 cm³/mol. The maximum Gasteiger partial charge on any atom is 0.301 e. The topological polar surface area (TPSA) is 132 Å². The normalized spacial score (nSPS) is 11.1. The van der Waals surface area contributed by atoms with E-state index < -0.39 is 10.5 Å². The van der Waals surface area contributed by atoms with E-state index in [4.69, 9.17) is 41.2 Å². The first kappa shape index (κ1) is 19.7. The zero-order valence-electron chi connectivity index (χ0n) is 13.8. The van der Waals surface area contributed by atoms with Crippen molar-refractivity contribution in [1.82, 2.24) is 9.78 Å². The number of thiocarbonyl (C=S) groups is 1.